The molecule has 0 aliphatic heterocycles. The van der Waals surface area contributed by atoms with Gasteiger partial charge in [-0.1, -0.05) is 0 Å². The molecule has 1 atom stereocenters. The Bertz CT molecular complexity index is 724. The van der Waals surface area contributed by atoms with E-state index in [1.54, 1.807) is 13.1 Å². The SMILES string of the molecule is Cc1cnc(-n2ncc(C(C)OS(C)(=O)=O)n2)cc1C. The highest BCUT2D eigenvalue weighted by molar-refractivity contribution is 7.86. The van der Waals surface area contributed by atoms with Gasteiger partial charge in [0, 0.05) is 6.20 Å². The van der Waals surface area contributed by atoms with E-state index in [-0.39, 0.29) is 0 Å². The molecule has 2 aromatic heterocycles. The van der Waals surface area contributed by atoms with Gasteiger partial charge in [0.2, 0.25) is 0 Å². The molecular formula is C12H16N4O3S. The molecule has 0 aliphatic rings. The molecule has 0 amide bonds. The highest BCUT2D eigenvalue weighted by atomic mass is 32.2. The Morgan fingerprint density at radius 1 is 1.25 bits per heavy atom. The minimum atomic E-state index is -3.53. The summed E-state index contributed by atoms with van der Waals surface area (Å²) in [4.78, 5) is 5.59. The Labute approximate surface area is 117 Å². The van der Waals surface area contributed by atoms with E-state index in [0.29, 0.717) is 11.5 Å². The third-order valence-corrected chi connectivity index (χ3v) is 3.45. The first-order valence-corrected chi connectivity index (χ1v) is 7.82. The number of pyridine rings is 1. The van der Waals surface area contributed by atoms with Crippen LogP contribution in [-0.2, 0) is 14.3 Å². The van der Waals surface area contributed by atoms with Crippen molar-refractivity contribution >= 4 is 10.1 Å². The van der Waals surface area contributed by atoms with Crippen LogP contribution in [0.3, 0.4) is 0 Å². The molecule has 7 nitrogen and oxygen atoms in total. The van der Waals surface area contributed by atoms with Crippen LogP contribution in [0.5, 0.6) is 0 Å². The van der Waals surface area contributed by atoms with Crippen molar-refractivity contribution in [2.24, 2.45) is 0 Å². The largest absolute Gasteiger partial charge is 0.265 e. The van der Waals surface area contributed by atoms with Crippen molar-refractivity contribution in [3.05, 3.63) is 35.3 Å². The molecular weight excluding hydrogens is 280 g/mol. The normalized spacial score (nSPS) is 13.4. The van der Waals surface area contributed by atoms with Gasteiger partial charge in [0.1, 0.15) is 11.8 Å². The molecule has 0 aromatic carbocycles. The molecule has 1 unspecified atom stereocenters. The maximum Gasteiger partial charge on any atom is 0.265 e. The van der Waals surface area contributed by atoms with Gasteiger partial charge in [-0.2, -0.15) is 13.5 Å². The number of hydrogen-bond acceptors (Lipinski definition) is 6. The van der Waals surface area contributed by atoms with Crippen molar-refractivity contribution in [1.29, 1.82) is 0 Å². The Morgan fingerprint density at radius 2 is 1.95 bits per heavy atom. The first-order chi connectivity index (χ1) is 9.26. The van der Waals surface area contributed by atoms with E-state index in [1.165, 1.54) is 11.0 Å². The highest BCUT2D eigenvalue weighted by Crippen LogP contribution is 2.16. The van der Waals surface area contributed by atoms with Gasteiger partial charge in [0.05, 0.1) is 12.5 Å². The van der Waals surface area contributed by atoms with Crippen molar-refractivity contribution < 1.29 is 12.6 Å². The van der Waals surface area contributed by atoms with Gasteiger partial charge in [-0.25, -0.2) is 4.98 Å². The van der Waals surface area contributed by atoms with E-state index < -0.39 is 16.2 Å². The average Bonchev–Trinajstić information content (AvgIpc) is 2.80. The summed E-state index contributed by atoms with van der Waals surface area (Å²) in [5.74, 6) is 0.575. The van der Waals surface area contributed by atoms with Crippen LogP contribution in [0.15, 0.2) is 18.5 Å². The van der Waals surface area contributed by atoms with Gasteiger partial charge < -0.3 is 0 Å². The second-order valence-electron chi connectivity index (χ2n) is 4.63. The third-order valence-electron chi connectivity index (χ3n) is 2.81. The topological polar surface area (TPSA) is 87.0 Å². The van der Waals surface area contributed by atoms with Crippen LogP contribution < -0.4 is 0 Å². The van der Waals surface area contributed by atoms with Gasteiger partial charge in [-0.15, -0.1) is 9.90 Å². The Balaban J connectivity index is 2.26. The molecule has 0 radical (unpaired) electrons. The van der Waals surface area contributed by atoms with Crippen molar-refractivity contribution in [2.75, 3.05) is 6.26 Å². The summed E-state index contributed by atoms with van der Waals surface area (Å²) in [5, 5.41) is 8.27. The highest BCUT2D eigenvalue weighted by Gasteiger charge is 2.16. The fraction of sp³-hybridized carbons (Fsp3) is 0.417. The number of hydrogen-bond donors (Lipinski definition) is 0. The minimum Gasteiger partial charge on any atom is -0.261 e. The summed E-state index contributed by atoms with van der Waals surface area (Å²) < 4.78 is 27.0. The molecule has 8 heteroatoms. The van der Waals surface area contributed by atoms with Crippen LogP contribution >= 0.6 is 0 Å². The second-order valence-corrected chi connectivity index (χ2v) is 6.23. The van der Waals surface area contributed by atoms with Gasteiger partial charge in [-0.05, 0) is 38.0 Å². The first-order valence-electron chi connectivity index (χ1n) is 6.00. The zero-order valence-electron chi connectivity index (χ0n) is 11.7. The lowest BCUT2D eigenvalue weighted by atomic mass is 10.2. The maximum atomic E-state index is 11.1. The minimum absolute atomic E-state index is 0.426. The number of nitrogens with zero attached hydrogens (tertiary/aromatic N) is 4. The molecule has 108 valence electrons. The van der Waals surface area contributed by atoms with Gasteiger partial charge in [-0.3, -0.25) is 4.18 Å². The third kappa shape index (κ3) is 3.40. The van der Waals surface area contributed by atoms with E-state index >= 15 is 0 Å². The number of aromatic nitrogens is 4. The summed E-state index contributed by atoms with van der Waals surface area (Å²) in [7, 11) is -3.53. The van der Waals surface area contributed by atoms with E-state index in [2.05, 4.69) is 15.2 Å². The Hall–Kier alpha value is -1.80. The fourth-order valence-electron chi connectivity index (χ4n) is 1.60. The van der Waals surface area contributed by atoms with Crippen LogP contribution in [0.2, 0.25) is 0 Å². The fourth-order valence-corrected chi connectivity index (χ4v) is 2.22. The van der Waals surface area contributed by atoms with Crippen LogP contribution in [-0.4, -0.2) is 34.7 Å². The molecule has 0 fully saturated rings. The van der Waals surface area contributed by atoms with Crippen LogP contribution in [0.4, 0.5) is 0 Å². The van der Waals surface area contributed by atoms with Gasteiger partial charge >= 0.3 is 0 Å². The molecule has 20 heavy (non-hydrogen) atoms. The van der Waals surface area contributed by atoms with Gasteiger partial charge in [0.15, 0.2) is 5.82 Å². The predicted octanol–water partition coefficient (Wildman–Crippen LogP) is 1.32. The smallest absolute Gasteiger partial charge is 0.261 e. The number of rotatable bonds is 4. The zero-order valence-corrected chi connectivity index (χ0v) is 12.5. The molecule has 0 saturated heterocycles. The van der Waals surface area contributed by atoms with Crippen LogP contribution in [0, 0.1) is 13.8 Å². The summed E-state index contributed by atoms with van der Waals surface area (Å²) in [6.45, 7) is 5.54. The summed E-state index contributed by atoms with van der Waals surface area (Å²) in [6, 6.07) is 1.86. The Morgan fingerprint density at radius 3 is 2.55 bits per heavy atom. The van der Waals surface area contributed by atoms with Crippen molar-refractivity contribution in [3.8, 4) is 5.82 Å². The summed E-state index contributed by atoms with van der Waals surface area (Å²) >= 11 is 0. The van der Waals surface area contributed by atoms with Crippen molar-refractivity contribution in [2.45, 2.75) is 26.9 Å². The molecule has 2 aromatic rings. The zero-order chi connectivity index (χ0) is 14.9. The van der Waals surface area contributed by atoms with Gasteiger partial charge in [0.25, 0.3) is 10.1 Å². The van der Waals surface area contributed by atoms with E-state index in [1.807, 2.05) is 19.9 Å². The van der Waals surface area contributed by atoms with Crippen molar-refractivity contribution in [3.63, 3.8) is 0 Å². The number of aryl methyl sites for hydroxylation is 2. The van der Waals surface area contributed by atoms with Crippen LogP contribution in [0.25, 0.3) is 5.82 Å². The molecule has 0 bridgehead atoms. The second kappa shape index (κ2) is 5.29. The quantitative estimate of drug-likeness (QED) is 0.791. The molecule has 0 N–H and O–H groups in total. The van der Waals surface area contributed by atoms with E-state index in [0.717, 1.165) is 17.4 Å². The summed E-state index contributed by atoms with van der Waals surface area (Å²) in [6.07, 6.45) is 3.51. The maximum absolute atomic E-state index is 11.1. The molecule has 0 spiro atoms. The van der Waals surface area contributed by atoms with E-state index in [4.69, 9.17) is 4.18 Å². The lowest BCUT2D eigenvalue weighted by Gasteiger charge is -2.07. The lowest BCUT2D eigenvalue weighted by Crippen LogP contribution is -2.09. The predicted molar refractivity (Wildman–Crippen MR) is 73.0 cm³/mol. The lowest BCUT2D eigenvalue weighted by molar-refractivity contribution is 0.231. The first kappa shape index (κ1) is 14.6. The van der Waals surface area contributed by atoms with Crippen LogP contribution in [0.1, 0.15) is 29.8 Å². The summed E-state index contributed by atoms with van der Waals surface area (Å²) in [5.41, 5.74) is 2.58. The molecule has 0 saturated carbocycles. The molecule has 0 aliphatic carbocycles. The standard InChI is InChI=1S/C12H16N4O3S/c1-8-5-12(13-6-9(8)2)16-14-7-11(15-16)10(3)19-20(4,17)18/h5-7,10H,1-4H3. The molecule has 2 heterocycles. The van der Waals surface area contributed by atoms with Crippen molar-refractivity contribution in [1.82, 2.24) is 20.0 Å². The molecule has 2 rings (SSSR count). The average molecular weight is 296 g/mol. The monoisotopic (exact) mass is 296 g/mol. The Kier molecular flexibility index (Phi) is 3.87. The van der Waals surface area contributed by atoms with E-state index in [9.17, 15) is 8.42 Å².